The van der Waals surface area contributed by atoms with Crippen LogP contribution in [0.4, 0.5) is 0 Å². The molecule has 1 heterocycles. The lowest BCUT2D eigenvalue weighted by molar-refractivity contribution is 0.0517. The lowest BCUT2D eigenvalue weighted by atomic mass is 10.1. The molecule has 0 aliphatic heterocycles. The second-order valence-corrected chi connectivity index (χ2v) is 6.39. The number of rotatable bonds is 7. The zero-order chi connectivity index (χ0) is 17.6. The van der Waals surface area contributed by atoms with Gasteiger partial charge in [-0.15, -0.1) is 0 Å². The molecule has 0 bridgehead atoms. The number of nitrogens with zero attached hydrogens (tertiary/aromatic N) is 2. The topological polar surface area (TPSA) is 76.4 Å². The largest absolute Gasteiger partial charge is 0.461 e. The van der Waals surface area contributed by atoms with Crippen molar-refractivity contribution in [3.63, 3.8) is 0 Å². The summed E-state index contributed by atoms with van der Waals surface area (Å²) < 4.78 is 6.83. The molecule has 0 saturated heterocycles. The second kappa shape index (κ2) is 8.27. The van der Waals surface area contributed by atoms with Gasteiger partial charge in [0.15, 0.2) is 5.69 Å². The van der Waals surface area contributed by atoms with E-state index in [4.69, 9.17) is 4.74 Å². The third kappa shape index (κ3) is 4.27. The zero-order valence-corrected chi connectivity index (χ0v) is 14.5. The van der Waals surface area contributed by atoms with Crippen molar-refractivity contribution in [2.45, 2.75) is 38.8 Å². The van der Waals surface area contributed by atoms with Crippen molar-refractivity contribution >= 4 is 5.97 Å². The van der Waals surface area contributed by atoms with Crippen LogP contribution >= 0.6 is 0 Å². The van der Waals surface area contributed by atoms with Gasteiger partial charge >= 0.3 is 5.97 Å². The predicted molar refractivity (Wildman–Crippen MR) is 94.6 cm³/mol. The smallest absolute Gasteiger partial charge is 0.359 e. The van der Waals surface area contributed by atoms with E-state index in [1.54, 1.807) is 11.6 Å². The van der Waals surface area contributed by atoms with E-state index in [9.17, 15) is 9.90 Å². The third-order valence-corrected chi connectivity index (χ3v) is 4.62. The summed E-state index contributed by atoms with van der Waals surface area (Å²) in [5.41, 5.74) is 2.03. The van der Waals surface area contributed by atoms with Crippen LogP contribution in [-0.2, 0) is 11.3 Å². The minimum absolute atomic E-state index is 0.218. The highest BCUT2D eigenvalue weighted by Crippen LogP contribution is 2.24. The Morgan fingerprint density at radius 2 is 2.16 bits per heavy atom. The van der Waals surface area contributed by atoms with Crippen molar-refractivity contribution < 1.29 is 14.6 Å². The Bertz CT molecular complexity index is 699. The molecule has 6 heteroatoms. The van der Waals surface area contributed by atoms with E-state index in [1.807, 2.05) is 36.5 Å². The number of esters is 1. The molecule has 3 rings (SSSR count). The third-order valence-electron chi connectivity index (χ3n) is 4.62. The van der Waals surface area contributed by atoms with Gasteiger partial charge in [-0.25, -0.2) is 9.48 Å². The van der Waals surface area contributed by atoms with Gasteiger partial charge in [-0.2, -0.15) is 5.10 Å². The molecule has 6 nitrogen and oxygen atoms in total. The normalized spacial score (nSPS) is 19.9. The van der Waals surface area contributed by atoms with Gasteiger partial charge in [-0.05, 0) is 37.8 Å². The van der Waals surface area contributed by atoms with Gasteiger partial charge in [-0.1, -0.05) is 24.6 Å². The number of benzene rings is 1. The van der Waals surface area contributed by atoms with Crippen molar-refractivity contribution in [2.24, 2.45) is 5.92 Å². The number of carbonyl (C=O) groups is 1. The molecule has 0 amide bonds. The zero-order valence-electron chi connectivity index (χ0n) is 14.5. The van der Waals surface area contributed by atoms with Gasteiger partial charge in [-0.3, -0.25) is 0 Å². The first-order chi connectivity index (χ1) is 12.2. The van der Waals surface area contributed by atoms with Crippen molar-refractivity contribution in [3.05, 3.63) is 47.8 Å². The van der Waals surface area contributed by atoms with Crippen molar-refractivity contribution in [1.82, 2.24) is 15.1 Å². The molecule has 1 saturated carbocycles. The molecule has 2 aromatic rings. The maximum atomic E-state index is 12.2. The molecule has 2 atom stereocenters. The van der Waals surface area contributed by atoms with Gasteiger partial charge in [0.25, 0.3) is 0 Å². The summed E-state index contributed by atoms with van der Waals surface area (Å²) in [6, 6.07) is 9.68. The maximum Gasteiger partial charge on any atom is 0.359 e. The summed E-state index contributed by atoms with van der Waals surface area (Å²) in [4.78, 5) is 12.2. The van der Waals surface area contributed by atoms with E-state index in [0.717, 1.165) is 37.1 Å². The fraction of sp³-hybridized carbons (Fsp3) is 0.474. The predicted octanol–water partition coefficient (Wildman–Crippen LogP) is 2.30. The van der Waals surface area contributed by atoms with E-state index in [1.165, 1.54) is 0 Å². The van der Waals surface area contributed by atoms with Crippen LogP contribution in [0.15, 0.2) is 36.5 Å². The van der Waals surface area contributed by atoms with Crippen molar-refractivity contribution in [3.8, 4) is 5.69 Å². The monoisotopic (exact) mass is 343 g/mol. The molecule has 1 aliphatic rings. The van der Waals surface area contributed by atoms with Crippen molar-refractivity contribution in [2.75, 3.05) is 13.2 Å². The first-order valence-electron chi connectivity index (χ1n) is 8.89. The van der Waals surface area contributed by atoms with Crippen LogP contribution in [0, 0.1) is 5.92 Å². The highest BCUT2D eigenvalue weighted by atomic mass is 16.5. The average Bonchev–Trinajstić information content (AvgIpc) is 3.23. The number of para-hydroxylation sites is 1. The van der Waals surface area contributed by atoms with Gasteiger partial charge in [0.05, 0.1) is 18.4 Å². The molecular formula is C19H25N3O3. The number of carbonyl (C=O) groups excluding carboxylic acids is 1. The standard InChI is InChI=1S/C19H25N3O3/c1-2-25-19(24)18-15(12-20-11-14-7-6-10-17(14)23)13-22(21-18)16-8-4-3-5-9-16/h3-5,8-9,13-14,17,20,23H,2,6-7,10-12H2,1H3. The average molecular weight is 343 g/mol. The summed E-state index contributed by atoms with van der Waals surface area (Å²) in [5, 5.41) is 17.7. The molecular weight excluding hydrogens is 318 g/mol. The van der Waals surface area contributed by atoms with Crippen LogP contribution in [0.3, 0.4) is 0 Å². The van der Waals surface area contributed by atoms with Crippen LogP contribution in [0.2, 0.25) is 0 Å². The van der Waals surface area contributed by atoms with Gasteiger partial charge in [0.1, 0.15) is 0 Å². The molecule has 1 fully saturated rings. The Kier molecular flexibility index (Phi) is 5.83. The number of hydrogen-bond acceptors (Lipinski definition) is 5. The molecule has 134 valence electrons. The van der Waals surface area contributed by atoms with Gasteiger partial charge in [0, 0.05) is 24.8 Å². The number of nitrogens with one attached hydrogen (secondary N) is 1. The Morgan fingerprint density at radius 3 is 2.84 bits per heavy atom. The summed E-state index contributed by atoms with van der Waals surface area (Å²) >= 11 is 0. The molecule has 0 radical (unpaired) electrons. The highest BCUT2D eigenvalue weighted by molar-refractivity contribution is 5.88. The summed E-state index contributed by atoms with van der Waals surface area (Å²) in [5.74, 6) is -0.120. The van der Waals surface area contributed by atoms with Crippen LogP contribution in [0.5, 0.6) is 0 Å². The molecule has 2 N–H and O–H groups in total. The second-order valence-electron chi connectivity index (χ2n) is 6.39. The Labute approximate surface area is 147 Å². The molecule has 25 heavy (non-hydrogen) atoms. The quantitative estimate of drug-likeness (QED) is 0.755. The minimum Gasteiger partial charge on any atom is -0.461 e. The fourth-order valence-electron chi connectivity index (χ4n) is 3.27. The first kappa shape index (κ1) is 17.6. The number of aromatic nitrogens is 2. The van der Waals surface area contributed by atoms with E-state index >= 15 is 0 Å². The highest BCUT2D eigenvalue weighted by Gasteiger charge is 2.25. The fourth-order valence-corrected chi connectivity index (χ4v) is 3.27. The minimum atomic E-state index is -0.408. The lowest BCUT2D eigenvalue weighted by Crippen LogP contribution is -2.27. The van der Waals surface area contributed by atoms with Gasteiger partial charge in [0.2, 0.25) is 0 Å². The summed E-state index contributed by atoms with van der Waals surface area (Å²) in [7, 11) is 0. The van der Waals surface area contributed by atoms with Crippen LogP contribution in [-0.4, -0.2) is 40.1 Å². The number of aliphatic hydroxyl groups is 1. The van der Waals surface area contributed by atoms with Crippen LogP contribution in [0.25, 0.3) is 5.69 Å². The van der Waals surface area contributed by atoms with Gasteiger partial charge < -0.3 is 15.2 Å². The number of ether oxygens (including phenoxy) is 1. The molecule has 1 aliphatic carbocycles. The Hall–Kier alpha value is -2.18. The lowest BCUT2D eigenvalue weighted by Gasteiger charge is -2.14. The number of aliphatic hydroxyl groups excluding tert-OH is 1. The van der Waals surface area contributed by atoms with Crippen molar-refractivity contribution in [1.29, 1.82) is 0 Å². The van der Waals surface area contributed by atoms with E-state index < -0.39 is 5.97 Å². The molecule has 1 aromatic heterocycles. The van der Waals surface area contributed by atoms with Crippen LogP contribution in [0.1, 0.15) is 42.2 Å². The summed E-state index contributed by atoms with van der Waals surface area (Å²) in [6.07, 6.45) is 4.64. The van der Waals surface area contributed by atoms with E-state index in [0.29, 0.717) is 18.8 Å². The Morgan fingerprint density at radius 1 is 1.36 bits per heavy atom. The Balaban J connectivity index is 1.73. The van der Waals surface area contributed by atoms with E-state index in [-0.39, 0.29) is 12.0 Å². The molecule has 1 aromatic carbocycles. The number of hydrogen-bond donors (Lipinski definition) is 2. The van der Waals surface area contributed by atoms with Crippen LogP contribution < -0.4 is 5.32 Å². The summed E-state index contributed by atoms with van der Waals surface area (Å²) in [6.45, 7) is 3.35. The van der Waals surface area contributed by atoms with E-state index in [2.05, 4.69) is 10.4 Å². The molecule has 2 unspecified atom stereocenters. The SMILES string of the molecule is CCOC(=O)c1nn(-c2ccccc2)cc1CNCC1CCCC1O. The first-order valence-corrected chi connectivity index (χ1v) is 8.89. The maximum absolute atomic E-state index is 12.2. The molecule has 0 spiro atoms.